The average Bonchev–Trinajstić information content (AvgIpc) is 2.80. The van der Waals surface area contributed by atoms with Gasteiger partial charge in [0.15, 0.2) is 0 Å². The molecule has 0 spiro atoms. The van der Waals surface area contributed by atoms with Crippen molar-refractivity contribution in [2.24, 2.45) is 5.73 Å². The van der Waals surface area contributed by atoms with Gasteiger partial charge in [-0.1, -0.05) is 18.3 Å². The zero-order chi connectivity index (χ0) is 13.8. The van der Waals surface area contributed by atoms with Gasteiger partial charge in [-0.2, -0.15) is 0 Å². The Kier molecular flexibility index (Phi) is 4.50. The van der Waals surface area contributed by atoms with Crippen molar-refractivity contribution in [2.45, 2.75) is 20.3 Å². The van der Waals surface area contributed by atoms with Crippen LogP contribution in [0.15, 0.2) is 23.6 Å². The van der Waals surface area contributed by atoms with Gasteiger partial charge in [0.25, 0.3) is 0 Å². The maximum atomic E-state index is 5.83. The van der Waals surface area contributed by atoms with E-state index in [4.69, 9.17) is 22.7 Å². The molecule has 3 nitrogen and oxygen atoms in total. The molecule has 0 aliphatic rings. The fourth-order valence-corrected chi connectivity index (χ4v) is 2.86. The molecule has 0 radical (unpaired) electrons. The van der Waals surface area contributed by atoms with Crippen LogP contribution in [0.2, 0.25) is 0 Å². The van der Waals surface area contributed by atoms with Crippen LogP contribution >= 0.6 is 23.6 Å². The van der Waals surface area contributed by atoms with E-state index in [1.807, 2.05) is 26.0 Å². The molecule has 0 aliphatic carbocycles. The third-order valence-electron chi connectivity index (χ3n) is 2.72. The molecule has 0 saturated heterocycles. The number of hydrogen-bond donors (Lipinski definition) is 1. The second kappa shape index (κ2) is 6.12. The molecule has 0 aliphatic heterocycles. The van der Waals surface area contributed by atoms with E-state index < -0.39 is 0 Å². The molecule has 2 rings (SSSR count). The number of nitrogens with zero attached hydrogens (tertiary/aromatic N) is 1. The van der Waals surface area contributed by atoms with Crippen molar-refractivity contribution < 1.29 is 4.74 Å². The number of rotatable bonds is 5. The Labute approximate surface area is 122 Å². The van der Waals surface area contributed by atoms with Crippen LogP contribution in [0.1, 0.15) is 21.8 Å². The zero-order valence-electron chi connectivity index (χ0n) is 11.0. The van der Waals surface area contributed by atoms with Crippen molar-refractivity contribution >= 4 is 28.5 Å². The van der Waals surface area contributed by atoms with E-state index in [0.717, 1.165) is 29.1 Å². The summed E-state index contributed by atoms with van der Waals surface area (Å²) in [5, 5.41) is 2.07. The number of ether oxygens (including phenoxy) is 1. The molecule has 0 fully saturated rings. The van der Waals surface area contributed by atoms with Crippen LogP contribution in [0.3, 0.4) is 0 Å². The predicted octanol–water partition coefficient (Wildman–Crippen LogP) is 3.02. The van der Waals surface area contributed by atoms with E-state index in [9.17, 15) is 0 Å². The fraction of sp³-hybridized carbons (Fsp3) is 0.286. The molecule has 0 saturated carbocycles. The lowest BCUT2D eigenvalue weighted by molar-refractivity contribution is 0.321. The standard InChI is InChI=1S/C14H16N2OS2/c1-9-8-12(13(14(15)18)10(2)16-9)17-6-5-11-4-3-7-19-11/h3-4,7-8H,5-6H2,1-2H3,(H2,15,18). The molecule has 0 bridgehead atoms. The third-order valence-corrected chi connectivity index (χ3v) is 3.87. The van der Waals surface area contributed by atoms with Gasteiger partial charge in [-0.25, -0.2) is 0 Å². The Morgan fingerprint density at radius 2 is 2.26 bits per heavy atom. The predicted molar refractivity (Wildman–Crippen MR) is 83.1 cm³/mol. The van der Waals surface area contributed by atoms with Gasteiger partial charge < -0.3 is 10.5 Å². The smallest absolute Gasteiger partial charge is 0.133 e. The SMILES string of the molecule is Cc1cc(OCCc2cccs2)c(C(N)=S)c(C)n1. The highest BCUT2D eigenvalue weighted by Gasteiger charge is 2.12. The molecule has 100 valence electrons. The minimum Gasteiger partial charge on any atom is -0.492 e. The summed E-state index contributed by atoms with van der Waals surface area (Å²) in [6.07, 6.45) is 0.884. The molecular weight excluding hydrogens is 276 g/mol. The van der Waals surface area contributed by atoms with Gasteiger partial charge in [-0.3, -0.25) is 4.98 Å². The molecule has 0 aromatic carbocycles. The minimum atomic E-state index is 0.330. The fourth-order valence-electron chi connectivity index (χ4n) is 1.92. The molecule has 0 unspecified atom stereocenters. The molecular formula is C14H16N2OS2. The lowest BCUT2D eigenvalue weighted by atomic mass is 10.1. The highest BCUT2D eigenvalue weighted by Crippen LogP contribution is 2.22. The lowest BCUT2D eigenvalue weighted by Gasteiger charge is -2.13. The Morgan fingerprint density at radius 3 is 2.89 bits per heavy atom. The van der Waals surface area contributed by atoms with E-state index in [-0.39, 0.29) is 0 Å². The third kappa shape index (κ3) is 3.52. The Morgan fingerprint density at radius 1 is 1.47 bits per heavy atom. The first kappa shape index (κ1) is 14.0. The van der Waals surface area contributed by atoms with Crippen LogP contribution in [0.4, 0.5) is 0 Å². The summed E-state index contributed by atoms with van der Waals surface area (Å²) >= 11 is 6.80. The van der Waals surface area contributed by atoms with Gasteiger partial charge in [-0.15, -0.1) is 11.3 Å². The summed E-state index contributed by atoms with van der Waals surface area (Å²) in [5.74, 6) is 0.731. The van der Waals surface area contributed by atoms with Crippen LogP contribution in [0, 0.1) is 13.8 Å². The maximum Gasteiger partial charge on any atom is 0.133 e. The number of thiophene rings is 1. The summed E-state index contributed by atoms with van der Waals surface area (Å²) in [5.41, 5.74) is 8.21. The van der Waals surface area contributed by atoms with E-state index in [0.29, 0.717) is 11.6 Å². The van der Waals surface area contributed by atoms with Crippen molar-refractivity contribution in [3.8, 4) is 5.75 Å². The molecule has 2 aromatic rings. The van der Waals surface area contributed by atoms with Gasteiger partial charge in [-0.05, 0) is 25.3 Å². The van der Waals surface area contributed by atoms with Gasteiger partial charge in [0.05, 0.1) is 17.9 Å². The Balaban J connectivity index is 2.12. The number of pyridine rings is 1. The Bertz CT molecular complexity index is 579. The van der Waals surface area contributed by atoms with Crippen molar-refractivity contribution in [1.29, 1.82) is 0 Å². The van der Waals surface area contributed by atoms with Gasteiger partial charge in [0.2, 0.25) is 0 Å². The van der Waals surface area contributed by atoms with Gasteiger partial charge >= 0.3 is 0 Å². The molecule has 19 heavy (non-hydrogen) atoms. The second-order valence-corrected chi connectivity index (χ2v) is 5.74. The molecule has 2 aromatic heterocycles. The van der Waals surface area contributed by atoms with E-state index >= 15 is 0 Å². The van der Waals surface area contributed by atoms with Crippen LogP contribution in [0.5, 0.6) is 5.75 Å². The number of aryl methyl sites for hydroxylation is 2. The lowest BCUT2D eigenvalue weighted by Crippen LogP contribution is -2.15. The molecule has 0 atom stereocenters. The first-order valence-corrected chi connectivity index (χ1v) is 7.30. The summed E-state index contributed by atoms with van der Waals surface area (Å²) in [6, 6.07) is 6.03. The quantitative estimate of drug-likeness (QED) is 0.861. The minimum absolute atomic E-state index is 0.330. The largest absolute Gasteiger partial charge is 0.492 e. The molecule has 0 amide bonds. The molecule has 2 heterocycles. The highest BCUT2D eigenvalue weighted by atomic mass is 32.1. The number of hydrogen-bond acceptors (Lipinski definition) is 4. The second-order valence-electron chi connectivity index (χ2n) is 4.26. The molecule has 2 N–H and O–H groups in total. The first-order chi connectivity index (χ1) is 9.08. The van der Waals surface area contributed by atoms with Gasteiger partial charge in [0.1, 0.15) is 10.7 Å². The van der Waals surface area contributed by atoms with Crippen molar-refractivity contribution in [3.63, 3.8) is 0 Å². The Hall–Kier alpha value is -1.46. The van der Waals surface area contributed by atoms with Crippen molar-refractivity contribution in [1.82, 2.24) is 4.98 Å². The maximum absolute atomic E-state index is 5.83. The molecule has 5 heteroatoms. The van der Waals surface area contributed by atoms with Gasteiger partial charge in [0, 0.05) is 23.1 Å². The normalized spacial score (nSPS) is 10.4. The first-order valence-electron chi connectivity index (χ1n) is 6.01. The van der Waals surface area contributed by atoms with Crippen molar-refractivity contribution in [2.75, 3.05) is 6.61 Å². The zero-order valence-corrected chi connectivity index (χ0v) is 12.6. The topological polar surface area (TPSA) is 48.1 Å². The summed E-state index contributed by atoms with van der Waals surface area (Å²) < 4.78 is 5.83. The van der Waals surface area contributed by atoms with E-state index in [1.165, 1.54) is 4.88 Å². The van der Waals surface area contributed by atoms with Crippen molar-refractivity contribution in [3.05, 3.63) is 45.4 Å². The number of nitrogens with two attached hydrogens (primary N) is 1. The summed E-state index contributed by atoms with van der Waals surface area (Å²) in [4.78, 5) is 6.00. The number of thiocarbonyl (C=S) groups is 1. The van der Waals surface area contributed by atoms with Crippen LogP contribution in [-0.4, -0.2) is 16.6 Å². The van der Waals surface area contributed by atoms with E-state index in [1.54, 1.807) is 11.3 Å². The number of aromatic nitrogens is 1. The van der Waals surface area contributed by atoms with Crippen LogP contribution < -0.4 is 10.5 Å². The summed E-state index contributed by atoms with van der Waals surface area (Å²) in [7, 11) is 0. The van der Waals surface area contributed by atoms with E-state index in [2.05, 4.69) is 16.4 Å². The highest BCUT2D eigenvalue weighted by molar-refractivity contribution is 7.80. The average molecular weight is 292 g/mol. The van der Waals surface area contributed by atoms with Crippen LogP contribution in [0.25, 0.3) is 0 Å². The van der Waals surface area contributed by atoms with Crippen LogP contribution in [-0.2, 0) is 6.42 Å². The monoisotopic (exact) mass is 292 g/mol. The summed E-state index contributed by atoms with van der Waals surface area (Å²) in [6.45, 7) is 4.44.